The second-order valence-corrected chi connectivity index (χ2v) is 19.1. The summed E-state index contributed by atoms with van der Waals surface area (Å²) in [5.41, 5.74) is 2.47. The van der Waals surface area contributed by atoms with Gasteiger partial charge in [-0.05, 0) is 37.4 Å². The van der Waals surface area contributed by atoms with Gasteiger partial charge in [-0.3, -0.25) is 9.78 Å². The number of esters is 1. The molecule has 0 amide bonds. The molecule has 40 heavy (non-hydrogen) atoms. The number of hydrogen-bond donors (Lipinski definition) is 0. The lowest BCUT2D eigenvalue weighted by atomic mass is 9.69. The summed E-state index contributed by atoms with van der Waals surface area (Å²) in [5.74, 6) is 0.404. The average Bonchev–Trinajstić information content (AvgIpc) is 3.30. The Morgan fingerprint density at radius 2 is 1.90 bits per heavy atom. The van der Waals surface area contributed by atoms with Crippen molar-refractivity contribution in [3.05, 3.63) is 36.2 Å². The molecule has 11 nitrogen and oxygen atoms in total. The molecule has 0 saturated heterocycles. The SMILES string of the molecule is COC(=O)C1(COc2cc(C)c(-c3ccc(-c4nc(S(C)(=O)=O)n(COCC[Si](C)(C)C)n4)nc3)cn2)CCC1. The van der Waals surface area contributed by atoms with Crippen molar-refractivity contribution in [1.82, 2.24) is 24.7 Å². The Kier molecular flexibility index (Phi) is 8.76. The zero-order chi connectivity index (χ0) is 29.1. The summed E-state index contributed by atoms with van der Waals surface area (Å²) in [7, 11) is -3.50. The zero-order valence-electron chi connectivity index (χ0n) is 23.9. The summed E-state index contributed by atoms with van der Waals surface area (Å²) in [6.07, 6.45) is 6.95. The predicted octanol–water partition coefficient (Wildman–Crippen LogP) is 4.15. The predicted molar refractivity (Wildman–Crippen MR) is 152 cm³/mol. The Morgan fingerprint density at radius 3 is 2.45 bits per heavy atom. The average molecular weight is 588 g/mol. The second-order valence-electron chi connectivity index (χ2n) is 11.5. The van der Waals surface area contributed by atoms with Crippen molar-refractivity contribution in [2.24, 2.45) is 5.41 Å². The fourth-order valence-electron chi connectivity index (χ4n) is 4.36. The van der Waals surface area contributed by atoms with Gasteiger partial charge in [0.05, 0.1) is 7.11 Å². The molecule has 1 aliphatic carbocycles. The van der Waals surface area contributed by atoms with E-state index in [1.54, 1.807) is 18.5 Å². The third-order valence-corrected chi connectivity index (χ3v) is 9.66. The molecule has 1 saturated carbocycles. The number of carbonyl (C=O) groups excluding carboxylic acids is 1. The highest BCUT2D eigenvalue weighted by Crippen LogP contribution is 2.42. The Morgan fingerprint density at radius 1 is 1.15 bits per heavy atom. The number of aryl methyl sites for hydroxylation is 1. The standard InChI is InChI=1S/C27H37N5O6SSi/c1-19-14-23(38-17-27(10-7-11-27)25(33)36-2)29-16-21(19)20-8-9-22(28-15-20)24-30-26(39(3,34)35)32(31-24)18-37-12-13-40(4,5)6/h8-9,14-16H,7,10-13,17-18H2,1-6H3. The minimum Gasteiger partial charge on any atom is -0.476 e. The van der Waals surface area contributed by atoms with Gasteiger partial charge in [-0.25, -0.2) is 18.1 Å². The molecule has 1 aliphatic rings. The first kappa shape index (κ1) is 29.8. The Labute approximate surface area is 236 Å². The van der Waals surface area contributed by atoms with E-state index in [0.29, 0.717) is 18.2 Å². The highest BCUT2D eigenvalue weighted by atomic mass is 32.2. The quantitative estimate of drug-likeness (QED) is 0.173. The lowest BCUT2D eigenvalue weighted by Crippen LogP contribution is -2.44. The summed E-state index contributed by atoms with van der Waals surface area (Å²) in [4.78, 5) is 25.3. The van der Waals surface area contributed by atoms with Crippen LogP contribution in [0, 0.1) is 12.3 Å². The normalized spacial score (nSPS) is 14.9. The van der Waals surface area contributed by atoms with Crippen molar-refractivity contribution in [3.8, 4) is 28.5 Å². The summed E-state index contributed by atoms with van der Waals surface area (Å²) >= 11 is 0. The first-order valence-corrected chi connectivity index (χ1v) is 18.8. The first-order chi connectivity index (χ1) is 18.8. The van der Waals surface area contributed by atoms with Gasteiger partial charge < -0.3 is 14.2 Å². The Hall–Kier alpha value is -3.16. The van der Waals surface area contributed by atoms with Crippen LogP contribution in [-0.2, 0) is 30.8 Å². The van der Waals surface area contributed by atoms with E-state index < -0.39 is 23.3 Å². The number of aromatic nitrogens is 5. The van der Waals surface area contributed by atoms with Crippen molar-refractivity contribution in [1.29, 1.82) is 0 Å². The van der Waals surface area contributed by atoms with Gasteiger partial charge in [0.25, 0.3) is 0 Å². The Balaban J connectivity index is 1.47. The maximum atomic E-state index is 12.3. The van der Waals surface area contributed by atoms with Crippen LogP contribution < -0.4 is 4.74 Å². The third kappa shape index (κ3) is 6.94. The van der Waals surface area contributed by atoms with Gasteiger partial charge in [0, 0.05) is 50.5 Å². The number of nitrogens with zero attached hydrogens (tertiary/aromatic N) is 5. The molecule has 0 aliphatic heterocycles. The molecular weight excluding hydrogens is 550 g/mol. The van der Waals surface area contributed by atoms with Crippen LogP contribution in [0.4, 0.5) is 0 Å². The van der Waals surface area contributed by atoms with Gasteiger partial charge in [0.15, 0.2) is 0 Å². The molecule has 4 rings (SSSR count). The van der Waals surface area contributed by atoms with E-state index in [-0.39, 0.29) is 30.3 Å². The van der Waals surface area contributed by atoms with Crippen LogP contribution in [0.2, 0.25) is 25.7 Å². The number of sulfone groups is 1. The molecule has 0 N–H and O–H groups in total. The topological polar surface area (TPSA) is 135 Å². The third-order valence-electron chi connectivity index (χ3n) is 6.99. The Bertz CT molecular complexity index is 1460. The van der Waals surface area contributed by atoms with E-state index >= 15 is 0 Å². The molecule has 0 unspecified atom stereocenters. The van der Waals surface area contributed by atoms with Crippen molar-refractivity contribution in [3.63, 3.8) is 0 Å². The summed E-state index contributed by atoms with van der Waals surface area (Å²) in [6, 6.07) is 6.39. The van der Waals surface area contributed by atoms with Crippen LogP contribution in [0.15, 0.2) is 35.7 Å². The highest BCUT2D eigenvalue weighted by Gasteiger charge is 2.46. The van der Waals surface area contributed by atoms with E-state index in [1.165, 1.54) is 11.8 Å². The molecule has 3 heterocycles. The lowest BCUT2D eigenvalue weighted by molar-refractivity contribution is -0.161. The molecule has 3 aromatic rings. The van der Waals surface area contributed by atoms with Crippen LogP contribution in [0.5, 0.6) is 5.88 Å². The molecular formula is C27H37N5O6SSi. The molecule has 0 atom stereocenters. The van der Waals surface area contributed by atoms with Gasteiger partial charge in [0.1, 0.15) is 24.4 Å². The van der Waals surface area contributed by atoms with Gasteiger partial charge in [-0.2, -0.15) is 4.98 Å². The van der Waals surface area contributed by atoms with Crippen LogP contribution in [0.1, 0.15) is 24.8 Å². The molecule has 216 valence electrons. The molecule has 3 aromatic heterocycles. The summed E-state index contributed by atoms with van der Waals surface area (Å²) < 4.78 is 42.5. The van der Waals surface area contributed by atoms with E-state index in [1.807, 2.05) is 19.1 Å². The highest BCUT2D eigenvalue weighted by molar-refractivity contribution is 7.90. The maximum absolute atomic E-state index is 12.3. The number of carbonyl (C=O) groups is 1. The maximum Gasteiger partial charge on any atom is 0.315 e. The molecule has 0 spiro atoms. The minimum atomic E-state index is -3.62. The van der Waals surface area contributed by atoms with Crippen molar-refractivity contribution in [2.75, 3.05) is 26.6 Å². The lowest BCUT2D eigenvalue weighted by Gasteiger charge is -2.38. The molecule has 1 fully saturated rings. The number of ether oxygens (including phenoxy) is 3. The van der Waals surface area contributed by atoms with Crippen molar-refractivity contribution >= 4 is 23.9 Å². The zero-order valence-corrected chi connectivity index (χ0v) is 25.7. The smallest absolute Gasteiger partial charge is 0.315 e. The first-order valence-electron chi connectivity index (χ1n) is 13.2. The fraction of sp³-hybridized carbons (Fsp3) is 0.519. The monoisotopic (exact) mass is 587 g/mol. The van der Waals surface area contributed by atoms with E-state index in [2.05, 4.69) is 39.7 Å². The van der Waals surface area contributed by atoms with Gasteiger partial charge in [-0.15, -0.1) is 5.10 Å². The van der Waals surface area contributed by atoms with Crippen LogP contribution in [-0.4, -0.2) is 73.8 Å². The van der Waals surface area contributed by atoms with Gasteiger partial charge in [-0.1, -0.05) is 32.1 Å². The molecule has 0 aromatic carbocycles. The molecule has 13 heteroatoms. The van der Waals surface area contributed by atoms with E-state index in [4.69, 9.17) is 14.2 Å². The fourth-order valence-corrected chi connectivity index (χ4v) is 5.85. The number of pyridine rings is 2. The summed E-state index contributed by atoms with van der Waals surface area (Å²) in [5, 5.41) is 4.21. The van der Waals surface area contributed by atoms with Crippen LogP contribution >= 0.6 is 0 Å². The number of methoxy groups -OCH3 is 1. The van der Waals surface area contributed by atoms with Gasteiger partial charge >= 0.3 is 5.97 Å². The largest absolute Gasteiger partial charge is 0.476 e. The van der Waals surface area contributed by atoms with Gasteiger partial charge in [0.2, 0.25) is 26.7 Å². The number of hydrogen-bond acceptors (Lipinski definition) is 10. The number of rotatable bonds is 12. The van der Waals surface area contributed by atoms with Crippen molar-refractivity contribution in [2.45, 2.75) is 63.8 Å². The van der Waals surface area contributed by atoms with E-state index in [9.17, 15) is 13.2 Å². The summed E-state index contributed by atoms with van der Waals surface area (Å²) in [6.45, 7) is 9.46. The van der Waals surface area contributed by atoms with Crippen molar-refractivity contribution < 1.29 is 27.4 Å². The van der Waals surface area contributed by atoms with Crippen LogP contribution in [0.25, 0.3) is 22.6 Å². The minimum absolute atomic E-state index is 0.00198. The second kappa shape index (κ2) is 11.8. The van der Waals surface area contributed by atoms with Crippen LogP contribution in [0.3, 0.4) is 0 Å². The molecule has 0 bridgehead atoms. The molecule has 0 radical (unpaired) electrons. The van der Waals surface area contributed by atoms with E-state index in [0.717, 1.165) is 48.3 Å².